The molecule has 0 radical (unpaired) electrons. The van der Waals surface area contributed by atoms with Crippen LogP contribution in [0.5, 0.6) is 0 Å². The lowest BCUT2D eigenvalue weighted by atomic mass is 10.1. The second-order valence-corrected chi connectivity index (χ2v) is 8.38. The molecule has 1 unspecified atom stereocenters. The van der Waals surface area contributed by atoms with E-state index in [4.69, 9.17) is 16.3 Å². The van der Waals surface area contributed by atoms with Gasteiger partial charge >= 0.3 is 0 Å². The van der Waals surface area contributed by atoms with Crippen molar-refractivity contribution in [3.8, 4) is 0 Å². The molecule has 0 bridgehead atoms. The van der Waals surface area contributed by atoms with Gasteiger partial charge in [-0.3, -0.25) is 9.59 Å². The third-order valence-corrected chi connectivity index (χ3v) is 5.83. The normalized spacial score (nSPS) is 15.1. The number of benzene rings is 2. The average molecular weight is 419 g/mol. The number of hydrogen-bond donors (Lipinski definition) is 1. The fraction of sp³-hybridized carbons (Fsp3) is 0.333. The molecule has 148 valence electrons. The molecule has 5 nitrogen and oxygen atoms in total. The number of rotatable bonds is 6. The molecule has 0 saturated carbocycles. The van der Waals surface area contributed by atoms with Crippen molar-refractivity contribution in [2.24, 2.45) is 0 Å². The van der Waals surface area contributed by atoms with Gasteiger partial charge in [-0.25, -0.2) is 0 Å². The van der Waals surface area contributed by atoms with Crippen LogP contribution < -0.4 is 5.32 Å². The van der Waals surface area contributed by atoms with E-state index in [1.165, 1.54) is 11.8 Å². The first-order valence-electron chi connectivity index (χ1n) is 9.19. The van der Waals surface area contributed by atoms with Crippen LogP contribution in [0, 0.1) is 0 Å². The minimum Gasteiger partial charge on any atom is -0.378 e. The van der Waals surface area contributed by atoms with Gasteiger partial charge in [-0.2, -0.15) is 0 Å². The zero-order valence-electron chi connectivity index (χ0n) is 15.7. The van der Waals surface area contributed by atoms with Crippen molar-refractivity contribution in [2.45, 2.75) is 23.6 Å². The molecule has 1 aliphatic heterocycles. The molecule has 3 rings (SSSR count). The van der Waals surface area contributed by atoms with Crippen LogP contribution in [0.2, 0.25) is 5.02 Å². The highest BCUT2D eigenvalue weighted by Gasteiger charge is 2.18. The van der Waals surface area contributed by atoms with Crippen LogP contribution in [-0.2, 0) is 16.1 Å². The van der Waals surface area contributed by atoms with Crippen molar-refractivity contribution < 1.29 is 14.3 Å². The average Bonchev–Trinajstić information content (AvgIpc) is 2.74. The van der Waals surface area contributed by atoms with Crippen molar-refractivity contribution in [1.82, 2.24) is 10.2 Å². The number of thioether (sulfide) groups is 1. The highest BCUT2D eigenvalue weighted by Crippen LogP contribution is 2.24. The van der Waals surface area contributed by atoms with Crippen LogP contribution in [0.1, 0.15) is 22.8 Å². The smallest absolute Gasteiger partial charge is 0.254 e. The van der Waals surface area contributed by atoms with Crippen LogP contribution in [0.15, 0.2) is 53.4 Å². The summed E-state index contributed by atoms with van der Waals surface area (Å²) in [6.07, 6.45) is 0. The summed E-state index contributed by atoms with van der Waals surface area (Å²) < 4.78 is 5.28. The molecular formula is C21H23ClN2O3S. The zero-order valence-corrected chi connectivity index (χ0v) is 17.3. The lowest BCUT2D eigenvalue weighted by Gasteiger charge is -2.26. The van der Waals surface area contributed by atoms with Gasteiger partial charge in [0, 0.05) is 35.1 Å². The Morgan fingerprint density at radius 2 is 1.75 bits per heavy atom. The van der Waals surface area contributed by atoms with Crippen molar-refractivity contribution in [3.63, 3.8) is 0 Å². The number of carbonyl (C=O) groups is 2. The SMILES string of the molecule is CC(Sc1ccc(Cl)cc1)C(=O)NCc1ccc(C(=O)N2CCOCC2)cc1. The topological polar surface area (TPSA) is 58.6 Å². The van der Waals surface area contributed by atoms with E-state index in [1.807, 2.05) is 55.5 Å². The van der Waals surface area contributed by atoms with Crippen molar-refractivity contribution in [2.75, 3.05) is 26.3 Å². The second-order valence-electron chi connectivity index (χ2n) is 6.53. The molecule has 0 aliphatic carbocycles. The van der Waals surface area contributed by atoms with E-state index < -0.39 is 0 Å². The summed E-state index contributed by atoms with van der Waals surface area (Å²) in [6.45, 7) is 4.72. The van der Waals surface area contributed by atoms with Crippen LogP contribution in [-0.4, -0.2) is 48.3 Å². The van der Waals surface area contributed by atoms with Gasteiger partial charge in [0.25, 0.3) is 5.91 Å². The summed E-state index contributed by atoms with van der Waals surface area (Å²) >= 11 is 7.37. The molecule has 2 aromatic rings. The molecule has 2 amide bonds. The Bertz CT molecular complexity index is 805. The molecule has 28 heavy (non-hydrogen) atoms. The highest BCUT2D eigenvalue weighted by molar-refractivity contribution is 8.00. The summed E-state index contributed by atoms with van der Waals surface area (Å²) in [7, 11) is 0. The van der Waals surface area contributed by atoms with Crippen LogP contribution in [0.4, 0.5) is 0 Å². The summed E-state index contributed by atoms with van der Waals surface area (Å²) in [5.41, 5.74) is 1.61. The predicted molar refractivity (Wildman–Crippen MR) is 112 cm³/mol. The number of halogens is 1. The van der Waals surface area contributed by atoms with Gasteiger partial charge in [0.1, 0.15) is 0 Å². The number of morpholine rings is 1. The summed E-state index contributed by atoms with van der Waals surface area (Å²) in [5, 5.41) is 3.40. The maximum Gasteiger partial charge on any atom is 0.254 e. The molecule has 1 saturated heterocycles. The lowest BCUT2D eigenvalue weighted by Crippen LogP contribution is -2.40. The van der Waals surface area contributed by atoms with Gasteiger partial charge < -0.3 is 15.0 Å². The first-order valence-corrected chi connectivity index (χ1v) is 10.4. The van der Waals surface area contributed by atoms with E-state index in [-0.39, 0.29) is 17.1 Å². The van der Waals surface area contributed by atoms with Gasteiger partial charge in [0.15, 0.2) is 0 Å². The van der Waals surface area contributed by atoms with Crippen LogP contribution >= 0.6 is 23.4 Å². The number of nitrogens with zero attached hydrogens (tertiary/aromatic N) is 1. The first kappa shape index (κ1) is 20.7. The van der Waals surface area contributed by atoms with Crippen molar-refractivity contribution in [3.05, 3.63) is 64.7 Å². The van der Waals surface area contributed by atoms with Crippen LogP contribution in [0.3, 0.4) is 0 Å². The fourth-order valence-corrected chi connectivity index (χ4v) is 3.84. The summed E-state index contributed by atoms with van der Waals surface area (Å²) in [6, 6.07) is 14.8. The molecule has 1 aliphatic rings. The van der Waals surface area contributed by atoms with E-state index in [0.717, 1.165) is 10.5 Å². The Kier molecular flexibility index (Phi) is 7.36. The Hall–Kier alpha value is -2.02. The van der Waals surface area contributed by atoms with E-state index in [0.29, 0.717) is 43.4 Å². The predicted octanol–water partition coefficient (Wildman–Crippen LogP) is 3.61. The Morgan fingerprint density at radius 3 is 2.39 bits per heavy atom. The van der Waals surface area contributed by atoms with Gasteiger partial charge in [-0.05, 0) is 48.9 Å². The molecule has 0 spiro atoms. The maximum absolute atomic E-state index is 12.5. The highest BCUT2D eigenvalue weighted by atomic mass is 35.5. The molecular weight excluding hydrogens is 396 g/mol. The molecule has 0 aromatic heterocycles. The van der Waals surface area contributed by atoms with E-state index >= 15 is 0 Å². The minimum atomic E-state index is -0.219. The van der Waals surface area contributed by atoms with E-state index in [9.17, 15) is 9.59 Å². The third-order valence-electron chi connectivity index (χ3n) is 4.46. The molecule has 2 aromatic carbocycles. The molecule has 1 fully saturated rings. The third kappa shape index (κ3) is 5.74. The van der Waals surface area contributed by atoms with E-state index in [1.54, 1.807) is 4.90 Å². The fourth-order valence-electron chi connectivity index (χ4n) is 2.82. The van der Waals surface area contributed by atoms with Gasteiger partial charge in [-0.15, -0.1) is 11.8 Å². The van der Waals surface area contributed by atoms with Crippen molar-refractivity contribution >= 4 is 35.2 Å². The number of hydrogen-bond acceptors (Lipinski definition) is 4. The van der Waals surface area contributed by atoms with E-state index in [2.05, 4.69) is 5.32 Å². The maximum atomic E-state index is 12.5. The largest absolute Gasteiger partial charge is 0.378 e. The minimum absolute atomic E-state index is 0.0203. The molecule has 1 N–H and O–H groups in total. The molecule has 7 heteroatoms. The zero-order chi connectivity index (χ0) is 19.9. The number of ether oxygens (including phenoxy) is 1. The Balaban J connectivity index is 1.49. The molecule has 1 atom stereocenters. The van der Waals surface area contributed by atoms with Gasteiger partial charge in [0.05, 0.1) is 18.5 Å². The number of carbonyl (C=O) groups excluding carboxylic acids is 2. The number of nitrogens with one attached hydrogen (secondary N) is 1. The summed E-state index contributed by atoms with van der Waals surface area (Å²) in [4.78, 5) is 27.6. The Morgan fingerprint density at radius 1 is 1.11 bits per heavy atom. The number of amides is 2. The summed E-state index contributed by atoms with van der Waals surface area (Å²) in [5.74, 6) is -0.0136. The second kappa shape index (κ2) is 9.96. The first-order chi connectivity index (χ1) is 13.5. The lowest BCUT2D eigenvalue weighted by molar-refractivity contribution is -0.120. The Labute approximate surface area is 174 Å². The van der Waals surface area contributed by atoms with Gasteiger partial charge in [0.2, 0.25) is 5.91 Å². The standard InChI is InChI=1S/C21H23ClN2O3S/c1-15(28-19-8-6-18(22)7-9-19)20(25)23-14-16-2-4-17(5-3-16)21(26)24-10-12-27-13-11-24/h2-9,15H,10-14H2,1H3,(H,23,25). The van der Waals surface area contributed by atoms with Crippen molar-refractivity contribution in [1.29, 1.82) is 0 Å². The van der Waals surface area contributed by atoms with Gasteiger partial charge in [-0.1, -0.05) is 23.7 Å². The molecule has 1 heterocycles. The quantitative estimate of drug-likeness (QED) is 0.728. The van der Waals surface area contributed by atoms with Crippen LogP contribution in [0.25, 0.3) is 0 Å². The monoisotopic (exact) mass is 418 g/mol.